The summed E-state index contributed by atoms with van der Waals surface area (Å²) in [7, 11) is 1.54. The number of nitrogens with one attached hydrogen (secondary N) is 1. The fourth-order valence-electron chi connectivity index (χ4n) is 2.41. The number of carbonyl (C=O) groups excluding carboxylic acids is 1. The summed E-state index contributed by atoms with van der Waals surface area (Å²) in [5, 5.41) is 3.90. The van der Waals surface area contributed by atoms with Crippen LogP contribution in [0.4, 0.5) is 4.39 Å². The quantitative estimate of drug-likeness (QED) is 0.763. The molecule has 0 fully saturated rings. The van der Waals surface area contributed by atoms with E-state index >= 15 is 0 Å². The zero-order valence-corrected chi connectivity index (χ0v) is 13.4. The second kappa shape index (κ2) is 6.89. The van der Waals surface area contributed by atoms with Crippen molar-refractivity contribution in [3.63, 3.8) is 0 Å². The minimum absolute atomic E-state index is 0.148. The number of amides is 1. The Morgan fingerprint density at radius 2 is 2.04 bits per heavy atom. The van der Waals surface area contributed by atoms with Gasteiger partial charge in [-0.15, -0.1) is 11.3 Å². The van der Waals surface area contributed by atoms with Gasteiger partial charge in [-0.05, 0) is 35.2 Å². The number of thiophene rings is 1. The molecule has 0 unspecified atom stereocenters. The molecule has 3 rings (SSSR count). The molecule has 1 atom stereocenters. The zero-order valence-electron chi connectivity index (χ0n) is 12.6. The van der Waals surface area contributed by atoms with Crippen molar-refractivity contribution in [1.29, 1.82) is 0 Å². The van der Waals surface area contributed by atoms with Gasteiger partial charge in [-0.1, -0.05) is 30.3 Å². The number of benzene rings is 2. The van der Waals surface area contributed by atoms with Gasteiger partial charge in [-0.25, -0.2) is 4.39 Å². The lowest BCUT2D eigenvalue weighted by atomic mass is 10.1. The minimum Gasteiger partial charge on any atom is -0.375 e. The van der Waals surface area contributed by atoms with E-state index in [0.29, 0.717) is 10.4 Å². The van der Waals surface area contributed by atoms with E-state index in [1.807, 2.05) is 30.3 Å². The summed E-state index contributed by atoms with van der Waals surface area (Å²) in [6.07, 6.45) is -0.385. The molecule has 1 amide bonds. The van der Waals surface area contributed by atoms with E-state index in [0.717, 1.165) is 10.1 Å². The van der Waals surface area contributed by atoms with E-state index in [4.69, 9.17) is 4.74 Å². The molecule has 1 aromatic heterocycles. The summed E-state index contributed by atoms with van der Waals surface area (Å²) in [5.74, 6) is -0.468. The Bertz CT molecular complexity index is 798. The Balaban J connectivity index is 1.69. The molecule has 0 aliphatic carbocycles. The first-order valence-corrected chi connectivity index (χ1v) is 8.04. The van der Waals surface area contributed by atoms with Gasteiger partial charge in [0.1, 0.15) is 5.82 Å². The van der Waals surface area contributed by atoms with Gasteiger partial charge in [0.05, 0.1) is 11.0 Å². The summed E-state index contributed by atoms with van der Waals surface area (Å²) in [6, 6.07) is 15.9. The smallest absolute Gasteiger partial charge is 0.261 e. The molecule has 0 aliphatic heterocycles. The van der Waals surface area contributed by atoms with Crippen molar-refractivity contribution in [1.82, 2.24) is 5.32 Å². The van der Waals surface area contributed by atoms with Gasteiger partial charge in [0.15, 0.2) is 0 Å². The normalized spacial score (nSPS) is 12.3. The maximum absolute atomic E-state index is 13.3. The predicted molar refractivity (Wildman–Crippen MR) is 90.3 cm³/mol. The molecule has 1 N–H and O–H groups in total. The van der Waals surface area contributed by atoms with Crippen molar-refractivity contribution < 1.29 is 13.9 Å². The Morgan fingerprint density at radius 3 is 2.78 bits per heavy atom. The molecule has 2 aromatic carbocycles. The highest BCUT2D eigenvalue weighted by molar-refractivity contribution is 7.20. The van der Waals surface area contributed by atoms with Crippen LogP contribution in [0.3, 0.4) is 0 Å². The molecule has 23 heavy (non-hydrogen) atoms. The number of methoxy groups -OCH3 is 1. The summed E-state index contributed by atoms with van der Waals surface area (Å²) in [4.78, 5) is 13.0. The molecular weight excluding hydrogens is 313 g/mol. The first-order valence-electron chi connectivity index (χ1n) is 7.22. The predicted octanol–water partition coefficient (Wildman–Crippen LogP) is 4.16. The van der Waals surface area contributed by atoms with E-state index in [2.05, 4.69) is 5.32 Å². The molecule has 1 heterocycles. The molecule has 118 valence electrons. The minimum atomic E-state index is -0.385. The Hall–Kier alpha value is -2.24. The van der Waals surface area contributed by atoms with Gasteiger partial charge < -0.3 is 10.1 Å². The van der Waals surface area contributed by atoms with Gasteiger partial charge in [0.25, 0.3) is 5.91 Å². The SMILES string of the molecule is CO[C@@H](CNC(=O)c1cc2ccccc2s1)c1cccc(F)c1. The lowest BCUT2D eigenvalue weighted by molar-refractivity contribution is 0.0830. The fourth-order valence-corrected chi connectivity index (χ4v) is 3.39. The van der Waals surface area contributed by atoms with Crippen LogP contribution in [0.15, 0.2) is 54.6 Å². The van der Waals surface area contributed by atoms with E-state index in [-0.39, 0.29) is 24.4 Å². The maximum atomic E-state index is 13.3. The highest BCUT2D eigenvalue weighted by Gasteiger charge is 2.15. The van der Waals surface area contributed by atoms with Crippen molar-refractivity contribution in [3.05, 3.63) is 70.9 Å². The second-order valence-electron chi connectivity index (χ2n) is 5.14. The zero-order chi connectivity index (χ0) is 16.2. The third kappa shape index (κ3) is 3.57. The van der Waals surface area contributed by atoms with Gasteiger partial charge >= 0.3 is 0 Å². The summed E-state index contributed by atoms with van der Waals surface area (Å²) in [6.45, 7) is 0.285. The van der Waals surface area contributed by atoms with Gasteiger partial charge in [-0.2, -0.15) is 0 Å². The van der Waals surface area contributed by atoms with Crippen molar-refractivity contribution >= 4 is 27.3 Å². The van der Waals surface area contributed by atoms with Gasteiger partial charge in [0, 0.05) is 18.4 Å². The van der Waals surface area contributed by atoms with Crippen LogP contribution in [0.25, 0.3) is 10.1 Å². The van der Waals surface area contributed by atoms with Crippen molar-refractivity contribution in [3.8, 4) is 0 Å². The van der Waals surface area contributed by atoms with Crippen molar-refractivity contribution in [2.75, 3.05) is 13.7 Å². The van der Waals surface area contributed by atoms with Crippen LogP contribution in [-0.2, 0) is 4.74 Å². The first-order chi connectivity index (χ1) is 11.2. The summed E-state index contributed by atoms with van der Waals surface area (Å²) in [5.41, 5.74) is 0.698. The number of ether oxygens (including phenoxy) is 1. The van der Waals surface area contributed by atoms with Crippen molar-refractivity contribution in [2.24, 2.45) is 0 Å². The average Bonchev–Trinajstić information content (AvgIpc) is 2.99. The number of halogens is 1. The van der Waals surface area contributed by atoms with E-state index in [1.165, 1.54) is 23.5 Å². The first kappa shape index (κ1) is 15.6. The molecule has 3 aromatic rings. The number of hydrogen-bond acceptors (Lipinski definition) is 3. The molecular formula is C18H16FNO2S. The van der Waals surface area contributed by atoms with Crippen LogP contribution in [0, 0.1) is 5.82 Å². The van der Waals surface area contributed by atoms with Crippen LogP contribution in [0.2, 0.25) is 0 Å². The molecule has 3 nitrogen and oxygen atoms in total. The highest BCUT2D eigenvalue weighted by Crippen LogP contribution is 2.25. The summed E-state index contributed by atoms with van der Waals surface area (Å²) >= 11 is 1.45. The van der Waals surface area contributed by atoms with Crippen LogP contribution in [0.5, 0.6) is 0 Å². The molecule has 0 bridgehead atoms. The lowest BCUT2D eigenvalue weighted by Gasteiger charge is -2.16. The average molecular weight is 329 g/mol. The monoisotopic (exact) mass is 329 g/mol. The topological polar surface area (TPSA) is 38.3 Å². The largest absolute Gasteiger partial charge is 0.375 e. The Labute approximate surface area is 137 Å². The number of rotatable bonds is 5. The standard InChI is InChI=1S/C18H16FNO2S/c1-22-15(12-6-4-7-14(19)9-12)11-20-18(21)17-10-13-5-2-3-8-16(13)23-17/h2-10,15H,11H2,1H3,(H,20,21)/t15-/m0/s1. The van der Waals surface area contributed by atoms with Crippen LogP contribution in [-0.4, -0.2) is 19.6 Å². The van der Waals surface area contributed by atoms with Crippen LogP contribution in [0.1, 0.15) is 21.3 Å². The van der Waals surface area contributed by atoms with E-state index in [9.17, 15) is 9.18 Å². The molecule has 0 aliphatic rings. The fraction of sp³-hybridized carbons (Fsp3) is 0.167. The number of hydrogen-bond donors (Lipinski definition) is 1. The van der Waals surface area contributed by atoms with Gasteiger partial charge in [-0.3, -0.25) is 4.79 Å². The molecule has 0 spiro atoms. The Kier molecular flexibility index (Phi) is 4.69. The van der Waals surface area contributed by atoms with Crippen LogP contribution >= 0.6 is 11.3 Å². The van der Waals surface area contributed by atoms with Gasteiger partial charge in [0.2, 0.25) is 0 Å². The third-order valence-corrected chi connectivity index (χ3v) is 4.72. The number of fused-ring (bicyclic) bond motifs is 1. The number of carbonyl (C=O) groups is 1. The highest BCUT2D eigenvalue weighted by atomic mass is 32.1. The third-order valence-electron chi connectivity index (χ3n) is 3.60. The molecule has 0 radical (unpaired) electrons. The second-order valence-corrected chi connectivity index (χ2v) is 6.22. The summed E-state index contributed by atoms with van der Waals surface area (Å²) < 4.78 is 19.7. The lowest BCUT2D eigenvalue weighted by Crippen LogP contribution is -2.28. The molecule has 0 saturated heterocycles. The molecule has 5 heteroatoms. The Morgan fingerprint density at radius 1 is 1.22 bits per heavy atom. The molecule has 0 saturated carbocycles. The van der Waals surface area contributed by atoms with E-state index in [1.54, 1.807) is 19.2 Å². The van der Waals surface area contributed by atoms with Crippen molar-refractivity contribution in [2.45, 2.75) is 6.10 Å². The van der Waals surface area contributed by atoms with E-state index < -0.39 is 0 Å². The maximum Gasteiger partial charge on any atom is 0.261 e. The van der Waals surface area contributed by atoms with Crippen LogP contribution < -0.4 is 5.32 Å².